The van der Waals surface area contributed by atoms with Gasteiger partial charge >= 0.3 is 0 Å². The van der Waals surface area contributed by atoms with E-state index in [1.165, 1.54) is 12.1 Å². The molecule has 2 aromatic carbocycles. The minimum absolute atomic E-state index is 0.111. The van der Waals surface area contributed by atoms with Crippen molar-refractivity contribution < 1.29 is 4.39 Å². The molecule has 4 rings (SSSR count). The van der Waals surface area contributed by atoms with E-state index < -0.39 is 0 Å². The van der Waals surface area contributed by atoms with Crippen molar-refractivity contribution in [1.29, 1.82) is 0 Å². The molecule has 0 saturated heterocycles. The fraction of sp³-hybridized carbons (Fsp3) is 0.0500. The molecule has 3 nitrogen and oxygen atoms in total. The molecule has 1 atom stereocenters. The Balaban J connectivity index is 1.85. The topological polar surface area (TPSA) is 33.6 Å². The lowest BCUT2D eigenvalue weighted by Gasteiger charge is -2.20. The summed E-state index contributed by atoms with van der Waals surface area (Å²) in [6.45, 7) is 0. The first kappa shape index (κ1) is 15.7. The van der Waals surface area contributed by atoms with E-state index >= 15 is 0 Å². The SMILES string of the molecule is Fc1ccc([C@@H](c2c[nH]cc2-c2ccc(Cl)cc2)n2ccnc2)cc1. The summed E-state index contributed by atoms with van der Waals surface area (Å²) in [7, 11) is 0. The number of imidazole rings is 1. The van der Waals surface area contributed by atoms with Gasteiger partial charge in [-0.05, 0) is 35.4 Å². The molecule has 0 unspecified atom stereocenters. The average molecular weight is 352 g/mol. The van der Waals surface area contributed by atoms with E-state index in [0.29, 0.717) is 5.02 Å². The van der Waals surface area contributed by atoms with Crippen LogP contribution in [0.3, 0.4) is 0 Å². The van der Waals surface area contributed by atoms with E-state index in [1.807, 2.05) is 47.4 Å². The van der Waals surface area contributed by atoms with Crippen LogP contribution in [0, 0.1) is 5.82 Å². The highest BCUT2D eigenvalue weighted by molar-refractivity contribution is 6.30. The Hall–Kier alpha value is -2.85. The maximum atomic E-state index is 13.4. The second-order valence-electron chi connectivity index (χ2n) is 5.80. The van der Waals surface area contributed by atoms with Crippen LogP contribution >= 0.6 is 11.6 Å². The molecule has 0 spiro atoms. The maximum Gasteiger partial charge on any atom is 0.123 e. The van der Waals surface area contributed by atoms with Crippen molar-refractivity contribution >= 4 is 11.6 Å². The Kier molecular flexibility index (Phi) is 4.12. The zero-order valence-electron chi connectivity index (χ0n) is 13.2. The quantitative estimate of drug-likeness (QED) is 0.531. The largest absolute Gasteiger partial charge is 0.367 e. The maximum absolute atomic E-state index is 13.4. The third-order valence-corrected chi connectivity index (χ3v) is 4.49. The Bertz CT molecular complexity index is 957. The predicted molar refractivity (Wildman–Crippen MR) is 97.1 cm³/mol. The highest BCUT2D eigenvalue weighted by Crippen LogP contribution is 2.35. The Morgan fingerprint density at radius 2 is 1.76 bits per heavy atom. The number of hydrogen-bond acceptors (Lipinski definition) is 1. The molecule has 0 saturated carbocycles. The Morgan fingerprint density at radius 3 is 2.44 bits per heavy atom. The summed E-state index contributed by atoms with van der Waals surface area (Å²) in [6.07, 6.45) is 9.36. The van der Waals surface area contributed by atoms with Gasteiger partial charge in [-0.1, -0.05) is 35.9 Å². The van der Waals surface area contributed by atoms with Crippen LogP contribution in [0.5, 0.6) is 0 Å². The van der Waals surface area contributed by atoms with Gasteiger partial charge in [-0.3, -0.25) is 0 Å². The fourth-order valence-electron chi connectivity index (χ4n) is 3.06. The summed E-state index contributed by atoms with van der Waals surface area (Å²) < 4.78 is 15.4. The molecule has 2 heterocycles. The fourth-order valence-corrected chi connectivity index (χ4v) is 3.19. The van der Waals surface area contributed by atoms with Crippen molar-refractivity contribution in [3.05, 3.63) is 102 Å². The zero-order valence-corrected chi connectivity index (χ0v) is 14.0. The third kappa shape index (κ3) is 3.08. The number of benzene rings is 2. The molecule has 4 aromatic rings. The molecule has 1 N–H and O–H groups in total. The van der Waals surface area contributed by atoms with Crippen LogP contribution in [0.25, 0.3) is 11.1 Å². The van der Waals surface area contributed by atoms with Crippen LogP contribution in [0.2, 0.25) is 5.02 Å². The van der Waals surface area contributed by atoms with Crippen molar-refractivity contribution in [1.82, 2.24) is 14.5 Å². The van der Waals surface area contributed by atoms with Gasteiger partial charge in [0.1, 0.15) is 5.82 Å². The minimum atomic E-state index is -0.250. The molecule has 5 heteroatoms. The zero-order chi connectivity index (χ0) is 17.2. The molecule has 2 aromatic heterocycles. The first-order valence-corrected chi connectivity index (χ1v) is 8.26. The van der Waals surface area contributed by atoms with Crippen molar-refractivity contribution in [2.75, 3.05) is 0 Å². The molecule has 0 fully saturated rings. The van der Waals surface area contributed by atoms with E-state index in [0.717, 1.165) is 22.3 Å². The molecular weight excluding hydrogens is 337 g/mol. The highest BCUT2D eigenvalue weighted by atomic mass is 35.5. The smallest absolute Gasteiger partial charge is 0.123 e. The number of aromatic amines is 1. The van der Waals surface area contributed by atoms with E-state index in [9.17, 15) is 4.39 Å². The van der Waals surface area contributed by atoms with E-state index in [-0.39, 0.29) is 11.9 Å². The number of hydrogen-bond donors (Lipinski definition) is 1. The molecule has 0 radical (unpaired) electrons. The van der Waals surface area contributed by atoms with Gasteiger partial charge in [0.05, 0.1) is 12.4 Å². The lowest BCUT2D eigenvalue weighted by atomic mass is 9.94. The van der Waals surface area contributed by atoms with Gasteiger partial charge in [0.15, 0.2) is 0 Å². The third-order valence-electron chi connectivity index (χ3n) is 4.24. The summed E-state index contributed by atoms with van der Waals surface area (Å²) in [5.74, 6) is -0.250. The van der Waals surface area contributed by atoms with Gasteiger partial charge in [-0.2, -0.15) is 0 Å². The van der Waals surface area contributed by atoms with Gasteiger partial charge in [-0.15, -0.1) is 0 Å². The summed E-state index contributed by atoms with van der Waals surface area (Å²) in [6, 6.07) is 14.2. The highest BCUT2D eigenvalue weighted by Gasteiger charge is 2.21. The lowest BCUT2D eigenvalue weighted by Crippen LogP contribution is -2.11. The first-order valence-electron chi connectivity index (χ1n) is 7.88. The van der Waals surface area contributed by atoms with Crippen LogP contribution in [0.1, 0.15) is 17.2 Å². The molecular formula is C20H15ClFN3. The summed E-state index contributed by atoms with van der Waals surface area (Å²) in [5, 5.41) is 0.700. The molecule has 0 bridgehead atoms. The van der Waals surface area contributed by atoms with Gasteiger partial charge < -0.3 is 9.55 Å². The Morgan fingerprint density at radius 1 is 1.00 bits per heavy atom. The van der Waals surface area contributed by atoms with Crippen LogP contribution < -0.4 is 0 Å². The molecule has 0 aliphatic heterocycles. The van der Waals surface area contributed by atoms with E-state index in [4.69, 9.17) is 11.6 Å². The van der Waals surface area contributed by atoms with Gasteiger partial charge in [0, 0.05) is 40.9 Å². The van der Waals surface area contributed by atoms with Crippen molar-refractivity contribution in [3.8, 4) is 11.1 Å². The van der Waals surface area contributed by atoms with Gasteiger partial charge in [0.25, 0.3) is 0 Å². The minimum Gasteiger partial charge on any atom is -0.367 e. The summed E-state index contributed by atoms with van der Waals surface area (Å²) >= 11 is 6.01. The lowest BCUT2D eigenvalue weighted by molar-refractivity contribution is 0.622. The van der Waals surface area contributed by atoms with Crippen molar-refractivity contribution in [2.45, 2.75) is 6.04 Å². The van der Waals surface area contributed by atoms with E-state index in [2.05, 4.69) is 9.97 Å². The standard InChI is InChI=1S/C20H15ClFN3/c21-16-5-1-14(2-6-16)18-11-24-12-19(18)20(25-10-9-23-13-25)15-3-7-17(22)8-4-15/h1-13,20,24H/t20-/m0/s1. The van der Waals surface area contributed by atoms with E-state index in [1.54, 1.807) is 24.7 Å². The number of H-pyrrole nitrogens is 1. The Labute approximate surface area is 149 Å². The summed E-state index contributed by atoms with van der Waals surface area (Å²) in [4.78, 5) is 7.37. The summed E-state index contributed by atoms with van der Waals surface area (Å²) in [5.41, 5.74) is 4.19. The predicted octanol–water partition coefficient (Wildman–Crippen LogP) is 5.31. The van der Waals surface area contributed by atoms with Crippen molar-refractivity contribution in [3.63, 3.8) is 0 Å². The molecule has 25 heavy (non-hydrogen) atoms. The van der Waals surface area contributed by atoms with Crippen LogP contribution in [-0.4, -0.2) is 14.5 Å². The van der Waals surface area contributed by atoms with Crippen LogP contribution in [-0.2, 0) is 0 Å². The monoisotopic (exact) mass is 351 g/mol. The normalized spacial score (nSPS) is 12.2. The number of nitrogens with one attached hydrogen (secondary N) is 1. The van der Waals surface area contributed by atoms with Crippen LogP contribution in [0.15, 0.2) is 79.6 Å². The molecule has 0 aliphatic rings. The van der Waals surface area contributed by atoms with Gasteiger partial charge in [0.2, 0.25) is 0 Å². The first-order chi connectivity index (χ1) is 12.2. The number of aromatic nitrogens is 3. The van der Waals surface area contributed by atoms with Crippen LogP contribution in [0.4, 0.5) is 4.39 Å². The second kappa shape index (κ2) is 6.57. The number of halogens is 2. The second-order valence-corrected chi connectivity index (χ2v) is 6.23. The molecule has 124 valence electrons. The van der Waals surface area contributed by atoms with Gasteiger partial charge in [-0.25, -0.2) is 9.37 Å². The average Bonchev–Trinajstić information content (AvgIpc) is 3.30. The molecule has 0 amide bonds. The number of rotatable bonds is 4. The molecule has 0 aliphatic carbocycles. The number of nitrogens with zero attached hydrogens (tertiary/aromatic N) is 2. The van der Waals surface area contributed by atoms with Crippen molar-refractivity contribution in [2.24, 2.45) is 0 Å².